The number of aromatic nitrogens is 2. The first kappa shape index (κ1) is 17.1. The van der Waals surface area contributed by atoms with Crippen molar-refractivity contribution in [2.75, 3.05) is 25.4 Å². The molecule has 0 atom stereocenters. The first-order valence-corrected chi connectivity index (χ1v) is 9.13. The molecule has 7 nitrogen and oxygen atoms in total. The third-order valence-electron chi connectivity index (χ3n) is 3.97. The van der Waals surface area contributed by atoms with E-state index in [1.807, 2.05) is 6.92 Å². The van der Waals surface area contributed by atoms with Gasteiger partial charge in [-0.2, -0.15) is 4.98 Å². The maximum atomic E-state index is 12.4. The summed E-state index contributed by atoms with van der Waals surface area (Å²) in [5, 5.41) is 0. The van der Waals surface area contributed by atoms with E-state index >= 15 is 0 Å². The zero-order valence-electron chi connectivity index (χ0n) is 13.3. The Labute approximate surface area is 149 Å². The van der Waals surface area contributed by atoms with Gasteiger partial charge in [-0.3, -0.25) is 14.5 Å². The number of aryl methyl sites for hydroxylation is 1. The molecule has 24 heavy (non-hydrogen) atoms. The quantitative estimate of drug-likeness (QED) is 0.736. The second kappa shape index (κ2) is 7.43. The summed E-state index contributed by atoms with van der Waals surface area (Å²) >= 11 is 6.41. The van der Waals surface area contributed by atoms with Crippen molar-refractivity contribution in [2.45, 2.75) is 25.9 Å². The normalized spacial score (nSPS) is 19.0. The third kappa shape index (κ3) is 4.02. The lowest BCUT2D eigenvalue weighted by Gasteiger charge is -2.32. The van der Waals surface area contributed by atoms with Crippen LogP contribution >= 0.6 is 24.0 Å². The lowest BCUT2D eigenvalue weighted by atomic mass is 10.1. The van der Waals surface area contributed by atoms with E-state index in [2.05, 4.69) is 9.97 Å². The van der Waals surface area contributed by atoms with Crippen LogP contribution in [0.15, 0.2) is 12.3 Å². The van der Waals surface area contributed by atoms with Gasteiger partial charge in [-0.05, 0) is 6.92 Å². The molecule has 1 aromatic heterocycles. The van der Waals surface area contributed by atoms with Crippen molar-refractivity contribution in [3.05, 3.63) is 18.1 Å². The Hall–Kier alpha value is -1.74. The fraction of sp³-hybridized carbons (Fsp3) is 0.533. The van der Waals surface area contributed by atoms with Crippen LogP contribution in [-0.2, 0) is 9.59 Å². The topological polar surface area (TPSA) is 75.6 Å². The van der Waals surface area contributed by atoms with E-state index in [0.717, 1.165) is 12.8 Å². The summed E-state index contributed by atoms with van der Waals surface area (Å²) in [6, 6.07) is 1.74. The summed E-state index contributed by atoms with van der Waals surface area (Å²) in [7, 11) is 0. The van der Waals surface area contributed by atoms with Gasteiger partial charge >= 0.3 is 0 Å². The van der Waals surface area contributed by atoms with E-state index in [0.29, 0.717) is 34.9 Å². The number of carbonyl (C=O) groups excluding carboxylic acids is 2. The number of hydrogen-bond donors (Lipinski definition) is 0. The van der Waals surface area contributed by atoms with Gasteiger partial charge in [0.15, 0.2) is 0 Å². The molecule has 2 aliphatic heterocycles. The highest BCUT2D eigenvalue weighted by Crippen LogP contribution is 2.21. The molecule has 0 radical (unpaired) electrons. The number of piperidine rings is 1. The van der Waals surface area contributed by atoms with Gasteiger partial charge in [-0.15, -0.1) is 0 Å². The Balaban J connectivity index is 1.48. The molecule has 0 aromatic carbocycles. The zero-order chi connectivity index (χ0) is 17.1. The zero-order valence-corrected chi connectivity index (χ0v) is 14.9. The Morgan fingerprint density at radius 2 is 2.21 bits per heavy atom. The summed E-state index contributed by atoms with van der Waals surface area (Å²) in [6.45, 7) is 3.07. The highest BCUT2D eigenvalue weighted by atomic mass is 32.2. The molecule has 0 aliphatic carbocycles. The minimum atomic E-state index is -0.0873. The lowest BCUT2D eigenvalue weighted by molar-refractivity contribution is -0.137. The monoisotopic (exact) mass is 366 g/mol. The number of hydrogen-bond acceptors (Lipinski definition) is 7. The van der Waals surface area contributed by atoms with E-state index in [4.69, 9.17) is 17.0 Å². The molecule has 3 heterocycles. The number of thiocarbonyl (C=S) groups is 1. The van der Waals surface area contributed by atoms with Crippen LogP contribution in [0.3, 0.4) is 0 Å². The molecule has 2 fully saturated rings. The van der Waals surface area contributed by atoms with Crippen molar-refractivity contribution in [3.63, 3.8) is 0 Å². The van der Waals surface area contributed by atoms with Crippen LogP contribution in [0.5, 0.6) is 5.88 Å². The molecule has 0 N–H and O–H groups in total. The van der Waals surface area contributed by atoms with Gasteiger partial charge < -0.3 is 9.64 Å². The van der Waals surface area contributed by atoms with Gasteiger partial charge in [0.05, 0.1) is 5.75 Å². The number of rotatable bonds is 4. The molecule has 0 spiro atoms. The Bertz CT molecular complexity index is 646. The predicted molar refractivity (Wildman–Crippen MR) is 93.8 cm³/mol. The second-order valence-electron chi connectivity index (χ2n) is 5.67. The number of nitrogens with zero attached hydrogens (tertiary/aromatic N) is 4. The van der Waals surface area contributed by atoms with Crippen molar-refractivity contribution in [1.29, 1.82) is 0 Å². The van der Waals surface area contributed by atoms with Crippen LogP contribution in [0.25, 0.3) is 0 Å². The molecule has 0 saturated carbocycles. The van der Waals surface area contributed by atoms with Gasteiger partial charge in [0.1, 0.15) is 22.8 Å². The van der Waals surface area contributed by atoms with E-state index in [-0.39, 0.29) is 24.5 Å². The molecule has 1 aromatic rings. The molecule has 2 saturated heterocycles. The van der Waals surface area contributed by atoms with Crippen molar-refractivity contribution >= 4 is 40.1 Å². The highest BCUT2D eigenvalue weighted by molar-refractivity contribution is 8.23. The van der Waals surface area contributed by atoms with Gasteiger partial charge in [0.2, 0.25) is 17.7 Å². The number of amides is 2. The Morgan fingerprint density at radius 3 is 2.83 bits per heavy atom. The van der Waals surface area contributed by atoms with E-state index < -0.39 is 0 Å². The molecule has 3 rings (SSSR count). The fourth-order valence-corrected chi connectivity index (χ4v) is 3.73. The van der Waals surface area contributed by atoms with Crippen LogP contribution < -0.4 is 4.74 Å². The molecule has 2 aliphatic rings. The largest absolute Gasteiger partial charge is 0.474 e. The van der Waals surface area contributed by atoms with Gasteiger partial charge in [0.25, 0.3) is 0 Å². The van der Waals surface area contributed by atoms with Crippen molar-refractivity contribution in [1.82, 2.24) is 19.8 Å². The molecular formula is C15H18N4O3S2. The molecule has 9 heteroatoms. The van der Waals surface area contributed by atoms with Gasteiger partial charge in [-0.1, -0.05) is 24.0 Å². The molecule has 128 valence electrons. The number of likely N-dealkylation sites (tertiary alicyclic amines) is 1. The highest BCUT2D eigenvalue weighted by Gasteiger charge is 2.31. The average molecular weight is 366 g/mol. The molecule has 2 amide bonds. The summed E-state index contributed by atoms with van der Waals surface area (Å²) in [6.07, 6.45) is 3.18. The molecule has 0 bridgehead atoms. The maximum absolute atomic E-state index is 12.4. The van der Waals surface area contributed by atoms with Gasteiger partial charge in [0, 0.05) is 38.2 Å². The minimum Gasteiger partial charge on any atom is -0.474 e. The van der Waals surface area contributed by atoms with Crippen molar-refractivity contribution in [2.24, 2.45) is 0 Å². The standard InChI is InChI=1S/C15H18N4O3S2/c1-10-16-5-2-12(17-10)22-11-3-6-18(7-4-11)13(20)8-19-14(21)9-24-15(19)23/h2,5,11H,3-4,6-9H2,1H3. The summed E-state index contributed by atoms with van der Waals surface area (Å²) in [5.74, 6) is 1.42. The summed E-state index contributed by atoms with van der Waals surface area (Å²) in [5.41, 5.74) is 0. The Morgan fingerprint density at radius 1 is 1.46 bits per heavy atom. The average Bonchev–Trinajstić information content (AvgIpc) is 2.87. The minimum absolute atomic E-state index is 0.0356. The van der Waals surface area contributed by atoms with Crippen LogP contribution in [0.4, 0.5) is 0 Å². The SMILES string of the molecule is Cc1nccc(OC2CCN(C(=O)CN3C(=O)CSC3=S)CC2)n1. The number of thioether (sulfide) groups is 1. The number of carbonyl (C=O) groups is 2. The lowest BCUT2D eigenvalue weighted by Crippen LogP contribution is -2.47. The summed E-state index contributed by atoms with van der Waals surface area (Å²) in [4.78, 5) is 35.5. The first-order valence-electron chi connectivity index (χ1n) is 7.74. The molecule has 0 unspecified atom stereocenters. The summed E-state index contributed by atoms with van der Waals surface area (Å²) < 4.78 is 6.35. The predicted octanol–water partition coefficient (Wildman–Crippen LogP) is 1.02. The molecular weight excluding hydrogens is 348 g/mol. The first-order chi connectivity index (χ1) is 11.5. The fourth-order valence-electron chi connectivity index (χ4n) is 2.66. The van der Waals surface area contributed by atoms with Crippen molar-refractivity contribution in [3.8, 4) is 5.88 Å². The van der Waals surface area contributed by atoms with Crippen LogP contribution in [0.2, 0.25) is 0 Å². The van der Waals surface area contributed by atoms with E-state index in [1.54, 1.807) is 17.2 Å². The maximum Gasteiger partial charge on any atom is 0.242 e. The van der Waals surface area contributed by atoms with Gasteiger partial charge in [-0.25, -0.2) is 4.98 Å². The smallest absolute Gasteiger partial charge is 0.242 e. The van der Waals surface area contributed by atoms with Crippen LogP contribution in [0.1, 0.15) is 18.7 Å². The second-order valence-corrected chi connectivity index (χ2v) is 7.28. The third-order valence-corrected chi connectivity index (χ3v) is 5.40. The van der Waals surface area contributed by atoms with E-state index in [9.17, 15) is 9.59 Å². The van der Waals surface area contributed by atoms with Crippen molar-refractivity contribution < 1.29 is 14.3 Å². The Kier molecular flexibility index (Phi) is 5.30. The van der Waals surface area contributed by atoms with E-state index in [1.165, 1.54) is 16.7 Å². The van der Waals surface area contributed by atoms with Crippen LogP contribution in [-0.4, -0.2) is 67.4 Å². The number of ether oxygens (including phenoxy) is 1. The van der Waals surface area contributed by atoms with Crippen LogP contribution in [0, 0.1) is 6.92 Å².